The second-order valence-corrected chi connectivity index (χ2v) is 6.89. The highest BCUT2D eigenvalue weighted by Crippen LogP contribution is 2.09. The fourth-order valence-corrected chi connectivity index (χ4v) is 3.20. The van der Waals surface area contributed by atoms with E-state index in [1.54, 1.807) is 21.2 Å². The molecule has 0 aliphatic heterocycles. The molecular formula is C20H21N7O2. The molecule has 0 aliphatic rings. The van der Waals surface area contributed by atoms with E-state index in [9.17, 15) is 9.59 Å². The Bertz CT molecular complexity index is 1260. The molecule has 9 nitrogen and oxygen atoms in total. The molecule has 0 saturated carbocycles. The molecule has 0 fully saturated rings. The quantitative estimate of drug-likeness (QED) is 0.532. The van der Waals surface area contributed by atoms with E-state index in [-0.39, 0.29) is 17.0 Å². The number of aromatic amines is 1. The summed E-state index contributed by atoms with van der Waals surface area (Å²) in [6, 6.07) is 11.7. The molecule has 4 aromatic rings. The summed E-state index contributed by atoms with van der Waals surface area (Å²) in [4.78, 5) is 38.2. The van der Waals surface area contributed by atoms with Gasteiger partial charge in [0.2, 0.25) is 5.95 Å². The average molecular weight is 391 g/mol. The zero-order chi connectivity index (χ0) is 20.4. The zero-order valence-electron chi connectivity index (χ0n) is 16.2. The summed E-state index contributed by atoms with van der Waals surface area (Å²) in [5.74, 6) is 0.205. The Morgan fingerprint density at radius 2 is 1.90 bits per heavy atom. The van der Waals surface area contributed by atoms with Crippen molar-refractivity contribution in [1.82, 2.24) is 29.3 Å². The van der Waals surface area contributed by atoms with Crippen LogP contribution in [0.5, 0.6) is 0 Å². The van der Waals surface area contributed by atoms with Crippen LogP contribution in [-0.2, 0) is 19.6 Å². The zero-order valence-corrected chi connectivity index (χ0v) is 16.2. The lowest BCUT2D eigenvalue weighted by Gasteiger charge is -2.16. The summed E-state index contributed by atoms with van der Waals surface area (Å²) in [5, 5.41) is 4.34. The SMILES string of the molecule is Cc1ccn(CCn2cnc3c(=O)nc(N(C)Cc4ccccc4)[nH]c(=O)c32)n1. The minimum Gasteiger partial charge on any atom is -0.341 e. The van der Waals surface area contributed by atoms with Gasteiger partial charge in [0.05, 0.1) is 18.6 Å². The van der Waals surface area contributed by atoms with Gasteiger partial charge in [-0.2, -0.15) is 10.1 Å². The first-order chi connectivity index (χ1) is 14.0. The minimum absolute atomic E-state index is 0.0576. The van der Waals surface area contributed by atoms with Gasteiger partial charge in [-0.25, -0.2) is 4.98 Å². The van der Waals surface area contributed by atoms with Crippen molar-refractivity contribution in [3.8, 4) is 0 Å². The summed E-state index contributed by atoms with van der Waals surface area (Å²) < 4.78 is 3.45. The molecule has 0 spiro atoms. The second-order valence-electron chi connectivity index (χ2n) is 6.89. The second kappa shape index (κ2) is 7.70. The fourth-order valence-electron chi connectivity index (χ4n) is 3.20. The smallest absolute Gasteiger partial charge is 0.301 e. The molecular weight excluding hydrogens is 370 g/mol. The largest absolute Gasteiger partial charge is 0.341 e. The van der Waals surface area contributed by atoms with Crippen LogP contribution >= 0.6 is 0 Å². The van der Waals surface area contributed by atoms with Crippen molar-refractivity contribution in [3.63, 3.8) is 0 Å². The molecule has 4 rings (SSSR count). The van der Waals surface area contributed by atoms with Gasteiger partial charge < -0.3 is 9.47 Å². The first-order valence-electron chi connectivity index (χ1n) is 9.26. The van der Waals surface area contributed by atoms with Gasteiger partial charge in [-0.15, -0.1) is 0 Å². The summed E-state index contributed by atoms with van der Waals surface area (Å²) in [7, 11) is 1.77. The molecule has 1 aromatic carbocycles. The predicted molar refractivity (Wildman–Crippen MR) is 110 cm³/mol. The summed E-state index contributed by atoms with van der Waals surface area (Å²) in [6.45, 7) is 3.43. The molecule has 9 heteroatoms. The number of nitrogens with one attached hydrogen (secondary N) is 1. The van der Waals surface area contributed by atoms with Crippen LogP contribution in [0.2, 0.25) is 0 Å². The number of H-pyrrole nitrogens is 1. The van der Waals surface area contributed by atoms with Crippen molar-refractivity contribution in [2.75, 3.05) is 11.9 Å². The van der Waals surface area contributed by atoms with Crippen LogP contribution < -0.4 is 16.0 Å². The molecule has 148 valence electrons. The van der Waals surface area contributed by atoms with Gasteiger partial charge in [0.25, 0.3) is 5.56 Å². The van der Waals surface area contributed by atoms with Crippen LogP contribution in [0.4, 0.5) is 5.95 Å². The predicted octanol–water partition coefficient (Wildman–Crippen LogP) is 1.32. The van der Waals surface area contributed by atoms with Crippen molar-refractivity contribution in [1.29, 1.82) is 0 Å². The third-order valence-corrected chi connectivity index (χ3v) is 4.66. The number of aromatic nitrogens is 6. The molecule has 0 saturated heterocycles. The fraction of sp³-hybridized carbons (Fsp3) is 0.250. The highest BCUT2D eigenvalue weighted by atomic mass is 16.1. The van der Waals surface area contributed by atoms with E-state index in [0.29, 0.717) is 19.6 Å². The van der Waals surface area contributed by atoms with Gasteiger partial charge >= 0.3 is 5.56 Å². The van der Waals surface area contributed by atoms with Gasteiger partial charge in [-0.3, -0.25) is 19.3 Å². The summed E-state index contributed by atoms with van der Waals surface area (Å²) in [5.41, 5.74) is 1.29. The lowest BCUT2D eigenvalue weighted by molar-refractivity contribution is 0.537. The normalized spacial score (nSPS) is 11.1. The van der Waals surface area contributed by atoms with Crippen LogP contribution in [0.15, 0.2) is 58.5 Å². The molecule has 0 bridgehead atoms. The highest BCUT2D eigenvalue weighted by molar-refractivity contribution is 5.72. The van der Waals surface area contributed by atoms with Gasteiger partial charge in [0, 0.05) is 26.3 Å². The van der Waals surface area contributed by atoms with Gasteiger partial charge in [0.1, 0.15) is 5.52 Å². The Morgan fingerprint density at radius 3 is 2.62 bits per heavy atom. The molecule has 3 aromatic heterocycles. The molecule has 29 heavy (non-hydrogen) atoms. The number of hydrogen-bond acceptors (Lipinski definition) is 6. The van der Waals surface area contributed by atoms with E-state index in [0.717, 1.165) is 11.3 Å². The van der Waals surface area contributed by atoms with Gasteiger partial charge in [-0.1, -0.05) is 30.3 Å². The first-order valence-corrected chi connectivity index (χ1v) is 9.26. The van der Waals surface area contributed by atoms with Crippen molar-refractivity contribution < 1.29 is 0 Å². The lowest BCUT2D eigenvalue weighted by Crippen LogP contribution is -2.22. The van der Waals surface area contributed by atoms with E-state index in [1.807, 2.05) is 49.5 Å². The number of benzene rings is 1. The van der Waals surface area contributed by atoms with Crippen LogP contribution in [-0.4, -0.2) is 36.3 Å². The van der Waals surface area contributed by atoms with Crippen molar-refractivity contribution in [2.24, 2.45) is 0 Å². The molecule has 0 aliphatic carbocycles. The number of nitrogens with zero attached hydrogens (tertiary/aromatic N) is 6. The number of hydrogen-bond donors (Lipinski definition) is 1. The minimum atomic E-state index is -0.540. The van der Waals surface area contributed by atoms with Crippen molar-refractivity contribution in [3.05, 3.63) is 80.9 Å². The monoisotopic (exact) mass is 391 g/mol. The Kier molecular flexibility index (Phi) is 4.94. The number of imidazole rings is 1. The number of anilines is 1. The third-order valence-electron chi connectivity index (χ3n) is 4.66. The molecule has 0 amide bonds. The standard InChI is InChI=1S/C20H21N7O2/c1-14-8-9-27(24-14)11-10-26-13-21-16-17(26)19(29)23-20(22-18(16)28)25(2)12-15-6-4-3-5-7-15/h3-9,13H,10-12H2,1-2H3,(H,22,23,28,29). The van der Waals surface area contributed by atoms with Gasteiger partial charge in [0.15, 0.2) is 5.52 Å². The maximum Gasteiger partial charge on any atom is 0.301 e. The summed E-state index contributed by atoms with van der Waals surface area (Å²) >= 11 is 0. The molecule has 0 atom stereocenters. The Morgan fingerprint density at radius 1 is 1.10 bits per heavy atom. The summed E-state index contributed by atoms with van der Waals surface area (Å²) in [6.07, 6.45) is 3.36. The van der Waals surface area contributed by atoms with E-state index in [1.165, 1.54) is 6.33 Å². The first kappa shape index (κ1) is 18.6. The van der Waals surface area contributed by atoms with Crippen LogP contribution in [0.1, 0.15) is 11.3 Å². The number of aryl methyl sites for hydroxylation is 3. The van der Waals surface area contributed by atoms with Crippen molar-refractivity contribution in [2.45, 2.75) is 26.6 Å². The maximum absolute atomic E-state index is 12.9. The number of rotatable bonds is 6. The van der Waals surface area contributed by atoms with E-state index in [2.05, 4.69) is 20.1 Å². The van der Waals surface area contributed by atoms with E-state index in [4.69, 9.17) is 0 Å². The lowest BCUT2D eigenvalue weighted by atomic mass is 10.2. The van der Waals surface area contributed by atoms with Crippen LogP contribution in [0.25, 0.3) is 11.0 Å². The Hall–Kier alpha value is -3.75. The third kappa shape index (κ3) is 3.93. The molecule has 0 unspecified atom stereocenters. The Balaban J connectivity index is 1.67. The van der Waals surface area contributed by atoms with Crippen LogP contribution in [0.3, 0.4) is 0 Å². The molecule has 3 heterocycles. The van der Waals surface area contributed by atoms with Crippen LogP contribution in [0, 0.1) is 6.92 Å². The molecule has 1 N–H and O–H groups in total. The maximum atomic E-state index is 12.9. The van der Waals surface area contributed by atoms with Crippen molar-refractivity contribution >= 4 is 17.0 Å². The molecule has 0 radical (unpaired) electrons. The van der Waals surface area contributed by atoms with Gasteiger partial charge in [-0.05, 0) is 18.6 Å². The van der Waals surface area contributed by atoms with E-state index >= 15 is 0 Å². The average Bonchev–Trinajstić information content (AvgIpc) is 3.29. The Labute approximate surface area is 166 Å². The van der Waals surface area contributed by atoms with E-state index < -0.39 is 11.1 Å². The number of fused-ring (bicyclic) bond motifs is 1. The highest BCUT2D eigenvalue weighted by Gasteiger charge is 2.13. The topological polar surface area (TPSA) is 102 Å².